The summed E-state index contributed by atoms with van der Waals surface area (Å²) in [5, 5.41) is 7.86. The van der Waals surface area contributed by atoms with Crippen molar-refractivity contribution in [1.29, 1.82) is 0 Å². The maximum atomic E-state index is 12.1. The number of esters is 1. The molecule has 1 unspecified atom stereocenters. The zero-order valence-corrected chi connectivity index (χ0v) is 15.5. The molecule has 132 valence electrons. The van der Waals surface area contributed by atoms with Gasteiger partial charge in [-0.25, -0.2) is 4.68 Å². The number of nitrogens with zero attached hydrogens (tertiary/aromatic N) is 2. The van der Waals surface area contributed by atoms with Crippen LogP contribution in [0.1, 0.15) is 29.0 Å². The van der Waals surface area contributed by atoms with E-state index in [1.165, 1.54) is 16.4 Å². The van der Waals surface area contributed by atoms with Gasteiger partial charge in [-0.15, -0.1) is 11.8 Å². The predicted octanol–water partition coefficient (Wildman–Crippen LogP) is 3.18. The lowest BCUT2D eigenvalue weighted by atomic mass is 10.0. The summed E-state index contributed by atoms with van der Waals surface area (Å²) in [6, 6.07) is 7.57. The van der Waals surface area contributed by atoms with E-state index >= 15 is 0 Å². The Kier molecular flexibility index (Phi) is 5.34. The van der Waals surface area contributed by atoms with E-state index in [0.29, 0.717) is 23.2 Å². The van der Waals surface area contributed by atoms with Crippen LogP contribution in [0.3, 0.4) is 0 Å². The molecule has 0 saturated carbocycles. The van der Waals surface area contributed by atoms with Crippen LogP contribution in [0.5, 0.6) is 0 Å². The number of carbonyl (C=O) groups excluding carboxylic acids is 2. The van der Waals surface area contributed by atoms with Gasteiger partial charge in [-0.1, -0.05) is 23.7 Å². The first-order valence-corrected chi connectivity index (χ1v) is 9.32. The third kappa shape index (κ3) is 3.82. The number of halogens is 1. The van der Waals surface area contributed by atoms with Crippen LogP contribution in [0.2, 0.25) is 5.02 Å². The monoisotopic (exact) mass is 379 g/mol. The average molecular weight is 380 g/mol. The zero-order valence-electron chi connectivity index (χ0n) is 13.9. The van der Waals surface area contributed by atoms with Gasteiger partial charge < -0.3 is 10.1 Å². The molecule has 0 radical (unpaired) electrons. The summed E-state index contributed by atoms with van der Waals surface area (Å²) in [7, 11) is 0. The van der Waals surface area contributed by atoms with Gasteiger partial charge in [0.2, 0.25) is 5.91 Å². The highest BCUT2D eigenvalue weighted by atomic mass is 35.5. The molecule has 6 nitrogen and oxygen atoms in total. The number of benzene rings is 1. The lowest BCUT2D eigenvalue weighted by Crippen LogP contribution is -2.20. The summed E-state index contributed by atoms with van der Waals surface area (Å²) in [5.74, 6) is 0.342. The quantitative estimate of drug-likeness (QED) is 0.826. The number of fused-ring (bicyclic) bond motifs is 1. The van der Waals surface area contributed by atoms with Crippen molar-refractivity contribution in [3.63, 3.8) is 0 Å². The molecule has 1 N–H and O–H groups in total. The first kappa shape index (κ1) is 17.8. The van der Waals surface area contributed by atoms with E-state index in [1.54, 1.807) is 6.92 Å². The second-order valence-corrected chi connectivity index (χ2v) is 7.13. The lowest BCUT2D eigenvalue weighted by Gasteiger charge is -2.15. The van der Waals surface area contributed by atoms with Crippen molar-refractivity contribution in [1.82, 2.24) is 9.78 Å². The fourth-order valence-corrected chi connectivity index (χ4v) is 4.20. The minimum Gasteiger partial charge on any atom is -0.465 e. The topological polar surface area (TPSA) is 73.2 Å². The number of hydrogen-bond acceptors (Lipinski definition) is 5. The van der Waals surface area contributed by atoms with Crippen LogP contribution in [-0.4, -0.2) is 34.0 Å². The molecule has 1 atom stereocenters. The Hall–Kier alpha value is -1.99. The van der Waals surface area contributed by atoms with Crippen molar-refractivity contribution < 1.29 is 14.3 Å². The Bertz CT molecular complexity index is 821. The van der Waals surface area contributed by atoms with E-state index < -0.39 is 5.97 Å². The van der Waals surface area contributed by atoms with Crippen molar-refractivity contribution in [2.45, 2.75) is 25.6 Å². The van der Waals surface area contributed by atoms with Gasteiger partial charge in [0, 0.05) is 10.6 Å². The Morgan fingerprint density at radius 2 is 2.32 bits per heavy atom. The molecular formula is C17H18ClN3O3S. The Balaban J connectivity index is 2.05. The second kappa shape index (κ2) is 7.49. The number of aromatic nitrogens is 2. The van der Waals surface area contributed by atoms with Crippen molar-refractivity contribution in [2.24, 2.45) is 0 Å². The van der Waals surface area contributed by atoms with Crippen LogP contribution in [0.25, 0.3) is 0 Å². The van der Waals surface area contributed by atoms with Gasteiger partial charge in [0.05, 0.1) is 23.3 Å². The summed E-state index contributed by atoms with van der Waals surface area (Å²) < 4.78 is 6.50. The van der Waals surface area contributed by atoms with Gasteiger partial charge in [-0.3, -0.25) is 9.59 Å². The van der Waals surface area contributed by atoms with E-state index in [0.717, 1.165) is 16.8 Å². The Labute approximate surface area is 154 Å². The van der Waals surface area contributed by atoms with E-state index in [1.807, 2.05) is 31.2 Å². The molecule has 1 aromatic carbocycles. The number of nitrogens with one attached hydrogen (secondary N) is 1. The van der Waals surface area contributed by atoms with Gasteiger partial charge >= 0.3 is 5.97 Å². The standard InChI is InChI=1S/C17H18ClN3O3S/c1-3-24-14(23)8-21-17-15(10(2)20-21)16(25-9-13(22)19-17)11-5-4-6-12(18)7-11/h4-7,16H,3,8-9H2,1-2H3,(H,19,22). The number of thioether (sulfide) groups is 1. The number of aryl methyl sites for hydroxylation is 1. The van der Waals surface area contributed by atoms with Crippen LogP contribution in [-0.2, 0) is 20.9 Å². The minimum absolute atomic E-state index is 0.0444. The molecular weight excluding hydrogens is 362 g/mol. The van der Waals surface area contributed by atoms with E-state index in [9.17, 15) is 9.59 Å². The maximum absolute atomic E-state index is 12.1. The number of rotatable bonds is 4. The minimum atomic E-state index is -0.391. The van der Waals surface area contributed by atoms with E-state index in [2.05, 4.69) is 10.4 Å². The van der Waals surface area contributed by atoms with Crippen LogP contribution >= 0.6 is 23.4 Å². The Morgan fingerprint density at radius 1 is 1.52 bits per heavy atom. The smallest absolute Gasteiger partial charge is 0.327 e. The molecule has 0 aliphatic carbocycles. The molecule has 0 bridgehead atoms. The number of amides is 1. The highest BCUT2D eigenvalue weighted by Crippen LogP contribution is 2.43. The molecule has 25 heavy (non-hydrogen) atoms. The number of hydrogen-bond donors (Lipinski definition) is 1. The highest BCUT2D eigenvalue weighted by Gasteiger charge is 2.30. The highest BCUT2D eigenvalue weighted by molar-refractivity contribution is 8.00. The third-order valence-electron chi connectivity index (χ3n) is 3.81. The molecule has 8 heteroatoms. The molecule has 1 aliphatic heterocycles. The lowest BCUT2D eigenvalue weighted by molar-refractivity contribution is -0.144. The van der Waals surface area contributed by atoms with E-state index in [4.69, 9.17) is 16.3 Å². The molecule has 0 fully saturated rings. The van der Waals surface area contributed by atoms with Gasteiger partial charge in [-0.05, 0) is 31.5 Å². The fourth-order valence-electron chi connectivity index (χ4n) is 2.83. The SMILES string of the molecule is CCOC(=O)Cn1nc(C)c2c1NC(=O)CSC2c1cccc(Cl)c1. The summed E-state index contributed by atoms with van der Waals surface area (Å²) in [6.45, 7) is 3.88. The van der Waals surface area contributed by atoms with Crippen molar-refractivity contribution >= 4 is 41.1 Å². The third-order valence-corrected chi connectivity index (χ3v) is 5.32. The summed E-state index contributed by atoms with van der Waals surface area (Å²) >= 11 is 7.65. The number of ether oxygens (including phenoxy) is 1. The van der Waals surface area contributed by atoms with Gasteiger partial charge in [0.25, 0.3) is 0 Å². The van der Waals surface area contributed by atoms with Gasteiger partial charge in [-0.2, -0.15) is 5.10 Å². The molecule has 1 amide bonds. The van der Waals surface area contributed by atoms with Crippen LogP contribution < -0.4 is 5.32 Å². The molecule has 2 heterocycles. The maximum Gasteiger partial charge on any atom is 0.327 e. The summed E-state index contributed by atoms with van der Waals surface area (Å²) in [5.41, 5.74) is 2.65. The predicted molar refractivity (Wildman–Crippen MR) is 98.0 cm³/mol. The van der Waals surface area contributed by atoms with Crippen molar-refractivity contribution in [2.75, 3.05) is 17.7 Å². The van der Waals surface area contributed by atoms with Crippen LogP contribution in [0.15, 0.2) is 24.3 Å². The molecule has 0 saturated heterocycles. The second-order valence-electron chi connectivity index (χ2n) is 5.60. The van der Waals surface area contributed by atoms with Crippen LogP contribution in [0, 0.1) is 6.92 Å². The summed E-state index contributed by atoms with van der Waals surface area (Å²) in [4.78, 5) is 24.0. The van der Waals surface area contributed by atoms with Gasteiger partial charge in [0.15, 0.2) is 0 Å². The molecule has 2 aromatic rings. The summed E-state index contributed by atoms with van der Waals surface area (Å²) in [6.07, 6.45) is 0. The largest absolute Gasteiger partial charge is 0.465 e. The Morgan fingerprint density at radius 3 is 3.04 bits per heavy atom. The van der Waals surface area contributed by atoms with Crippen LogP contribution in [0.4, 0.5) is 5.82 Å². The first-order valence-electron chi connectivity index (χ1n) is 7.89. The van der Waals surface area contributed by atoms with Crippen molar-refractivity contribution in [3.8, 4) is 0 Å². The molecule has 1 aliphatic rings. The van der Waals surface area contributed by atoms with Gasteiger partial charge in [0.1, 0.15) is 12.4 Å². The van der Waals surface area contributed by atoms with Crippen molar-refractivity contribution in [3.05, 3.63) is 46.1 Å². The van der Waals surface area contributed by atoms with E-state index in [-0.39, 0.29) is 17.7 Å². The fraction of sp³-hybridized carbons (Fsp3) is 0.353. The normalized spacial score (nSPS) is 16.8. The number of anilines is 1. The molecule has 1 aromatic heterocycles. The molecule has 3 rings (SSSR count). The average Bonchev–Trinajstić information content (AvgIpc) is 2.74. The number of carbonyl (C=O) groups is 2. The first-order chi connectivity index (χ1) is 12.0. The molecule has 0 spiro atoms. The zero-order chi connectivity index (χ0) is 18.0.